The van der Waals surface area contributed by atoms with Crippen molar-refractivity contribution in [2.24, 2.45) is 0 Å². The SMILES string of the molecule is Cc1ccc(NC(=O)c2cccc(Oc3ccccn3)c2)nc1. The molecule has 23 heavy (non-hydrogen) atoms. The number of hydrogen-bond acceptors (Lipinski definition) is 4. The first-order valence-electron chi connectivity index (χ1n) is 7.14. The highest BCUT2D eigenvalue weighted by molar-refractivity contribution is 6.04. The molecule has 0 aliphatic rings. The van der Waals surface area contributed by atoms with Crippen molar-refractivity contribution < 1.29 is 9.53 Å². The number of anilines is 1. The van der Waals surface area contributed by atoms with Gasteiger partial charge < -0.3 is 10.1 Å². The second kappa shape index (κ2) is 6.70. The quantitative estimate of drug-likeness (QED) is 0.795. The molecule has 2 aromatic heterocycles. The lowest BCUT2D eigenvalue weighted by Crippen LogP contribution is -2.12. The molecular formula is C18H15N3O2. The highest BCUT2D eigenvalue weighted by atomic mass is 16.5. The van der Waals surface area contributed by atoms with Crippen molar-refractivity contribution in [3.05, 3.63) is 78.1 Å². The van der Waals surface area contributed by atoms with Gasteiger partial charge in [-0.05, 0) is 42.8 Å². The Morgan fingerprint density at radius 3 is 2.70 bits per heavy atom. The summed E-state index contributed by atoms with van der Waals surface area (Å²) in [4.78, 5) is 20.5. The van der Waals surface area contributed by atoms with Crippen LogP contribution in [0.15, 0.2) is 67.0 Å². The van der Waals surface area contributed by atoms with Crippen molar-refractivity contribution in [3.8, 4) is 11.6 Å². The van der Waals surface area contributed by atoms with Gasteiger partial charge in [0.05, 0.1) is 0 Å². The van der Waals surface area contributed by atoms with Gasteiger partial charge in [-0.25, -0.2) is 9.97 Å². The van der Waals surface area contributed by atoms with Crippen molar-refractivity contribution in [1.82, 2.24) is 9.97 Å². The van der Waals surface area contributed by atoms with Gasteiger partial charge in [-0.15, -0.1) is 0 Å². The highest BCUT2D eigenvalue weighted by Crippen LogP contribution is 2.20. The number of carbonyl (C=O) groups excluding carboxylic acids is 1. The van der Waals surface area contributed by atoms with E-state index in [0.717, 1.165) is 5.56 Å². The maximum atomic E-state index is 12.3. The van der Waals surface area contributed by atoms with E-state index in [0.29, 0.717) is 23.0 Å². The van der Waals surface area contributed by atoms with Crippen LogP contribution in [0.4, 0.5) is 5.82 Å². The lowest BCUT2D eigenvalue weighted by Gasteiger charge is -2.07. The van der Waals surface area contributed by atoms with Crippen LogP contribution in [0.5, 0.6) is 11.6 Å². The first kappa shape index (κ1) is 14.7. The van der Waals surface area contributed by atoms with Crippen LogP contribution < -0.4 is 10.1 Å². The number of hydrogen-bond donors (Lipinski definition) is 1. The summed E-state index contributed by atoms with van der Waals surface area (Å²) in [5.41, 5.74) is 1.52. The Kier molecular flexibility index (Phi) is 4.29. The van der Waals surface area contributed by atoms with Crippen molar-refractivity contribution in [2.75, 3.05) is 5.32 Å². The third-order valence-corrected chi connectivity index (χ3v) is 3.11. The first-order chi connectivity index (χ1) is 11.2. The van der Waals surface area contributed by atoms with Crippen LogP contribution in [0, 0.1) is 6.92 Å². The minimum atomic E-state index is -0.243. The van der Waals surface area contributed by atoms with Gasteiger partial charge in [-0.3, -0.25) is 4.79 Å². The standard InChI is InChI=1S/C18H15N3O2/c1-13-8-9-16(20-12-13)21-18(22)14-5-4-6-15(11-14)23-17-7-2-3-10-19-17/h2-12H,1H3,(H,20,21,22). The molecule has 0 radical (unpaired) electrons. The van der Waals surface area contributed by atoms with E-state index in [2.05, 4.69) is 15.3 Å². The molecule has 1 amide bonds. The zero-order chi connectivity index (χ0) is 16.1. The predicted molar refractivity (Wildman–Crippen MR) is 87.7 cm³/mol. The van der Waals surface area contributed by atoms with Crippen molar-refractivity contribution in [1.29, 1.82) is 0 Å². The van der Waals surface area contributed by atoms with Gasteiger partial charge in [0.25, 0.3) is 5.91 Å². The Hall–Kier alpha value is -3.21. The van der Waals surface area contributed by atoms with Crippen LogP contribution in [0.3, 0.4) is 0 Å². The molecule has 0 atom stereocenters. The number of nitrogens with zero attached hydrogens (tertiary/aromatic N) is 2. The van der Waals surface area contributed by atoms with Gasteiger partial charge in [-0.1, -0.05) is 18.2 Å². The summed E-state index contributed by atoms with van der Waals surface area (Å²) in [5, 5.41) is 2.76. The Morgan fingerprint density at radius 2 is 1.96 bits per heavy atom. The zero-order valence-corrected chi connectivity index (χ0v) is 12.6. The zero-order valence-electron chi connectivity index (χ0n) is 12.6. The summed E-state index contributed by atoms with van der Waals surface area (Å²) in [6.07, 6.45) is 3.35. The summed E-state index contributed by atoms with van der Waals surface area (Å²) in [7, 11) is 0. The van der Waals surface area contributed by atoms with E-state index in [-0.39, 0.29) is 5.91 Å². The molecule has 1 N–H and O–H groups in total. The maximum Gasteiger partial charge on any atom is 0.256 e. The molecule has 0 spiro atoms. The van der Waals surface area contributed by atoms with Gasteiger partial charge in [0.1, 0.15) is 11.6 Å². The first-order valence-corrected chi connectivity index (χ1v) is 7.14. The molecular weight excluding hydrogens is 290 g/mol. The topological polar surface area (TPSA) is 64.1 Å². The van der Waals surface area contributed by atoms with E-state index in [4.69, 9.17) is 4.74 Å². The number of benzene rings is 1. The number of carbonyl (C=O) groups is 1. The van der Waals surface area contributed by atoms with Crippen LogP contribution in [0.2, 0.25) is 0 Å². The molecule has 5 heteroatoms. The Bertz CT molecular complexity index is 802. The van der Waals surface area contributed by atoms with Crippen molar-refractivity contribution >= 4 is 11.7 Å². The van der Waals surface area contributed by atoms with E-state index < -0.39 is 0 Å². The van der Waals surface area contributed by atoms with Gasteiger partial charge in [0.2, 0.25) is 5.88 Å². The van der Waals surface area contributed by atoms with Crippen LogP contribution >= 0.6 is 0 Å². The van der Waals surface area contributed by atoms with Gasteiger partial charge >= 0.3 is 0 Å². The molecule has 0 aliphatic carbocycles. The molecule has 0 aliphatic heterocycles. The van der Waals surface area contributed by atoms with Crippen molar-refractivity contribution in [3.63, 3.8) is 0 Å². The summed E-state index contributed by atoms with van der Waals surface area (Å²) in [6.45, 7) is 1.94. The average molecular weight is 305 g/mol. The molecule has 0 unspecified atom stereocenters. The molecule has 2 heterocycles. The molecule has 3 aromatic rings. The second-order valence-electron chi connectivity index (χ2n) is 4.97. The number of nitrogens with one attached hydrogen (secondary N) is 1. The van der Waals surface area contributed by atoms with Gasteiger partial charge in [0, 0.05) is 24.0 Å². The lowest BCUT2D eigenvalue weighted by atomic mass is 10.2. The highest BCUT2D eigenvalue weighted by Gasteiger charge is 2.08. The number of rotatable bonds is 4. The fraction of sp³-hybridized carbons (Fsp3) is 0.0556. The lowest BCUT2D eigenvalue weighted by molar-refractivity contribution is 0.102. The molecule has 0 fully saturated rings. The molecule has 0 saturated carbocycles. The van der Waals surface area contributed by atoms with E-state index in [1.807, 2.05) is 25.1 Å². The van der Waals surface area contributed by atoms with Crippen LogP contribution in [-0.2, 0) is 0 Å². The van der Waals surface area contributed by atoms with E-state index in [1.165, 1.54) is 0 Å². The van der Waals surface area contributed by atoms with E-state index in [1.54, 1.807) is 48.8 Å². The molecule has 3 rings (SSSR count). The van der Waals surface area contributed by atoms with E-state index >= 15 is 0 Å². The monoisotopic (exact) mass is 305 g/mol. The van der Waals surface area contributed by atoms with Gasteiger partial charge in [-0.2, -0.15) is 0 Å². The summed E-state index contributed by atoms with van der Waals surface area (Å²) in [5.74, 6) is 1.29. The summed E-state index contributed by atoms with van der Waals surface area (Å²) in [6, 6.07) is 16.0. The predicted octanol–water partition coefficient (Wildman–Crippen LogP) is 3.83. The average Bonchev–Trinajstić information content (AvgIpc) is 2.58. The largest absolute Gasteiger partial charge is 0.439 e. The Morgan fingerprint density at radius 1 is 1.04 bits per heavy atom. The normalized spacial score (nSPS) is 10.1. The van der Waals surface area contributed by atoms with E-state index in [9.17, 15) is 4.79 Å². The third-order valence-electron chi connectivity index (χ3n) is 3.11. The summed E-state index contributed by atoms with van der Waals surface area (Å²) < 4.78 is 5.63. The Labute approximate surface area is 134 Å². The number of amides is 1. The fourth-order valence-electron chi connectivity index (χ4n) is 1.96. The number of aryl methyl sites for hydroxylation is 1. The fourth-order valence-corrected chi connectivity index (χ4v) is 1.96. The van der Waals surface area contributed by atoms with Crippen LogP contribution in [-0.4, -0.2) is 15.9 Å². The molecule has 5 nitrogen and oxygen atoms in total. The van der Waals surface area contributed by atoms with Crippen LogP contribution in [0.25, 0.3) is 0 Å². The molecule has 0 saturated heterocycles. The van der Waals surface area contributed by atoms with Gasteiger partial charge in [0.15, 0.2) is 0 Å². The second-order valence-corrected chi connectivity index (χ2v) is 4.97. The summed E-state index contributed by atoms with van der Waals surface area (Å²) >= 11 is 0. The number of aromatic nitrogens is 2. The maximum absolute atomic E-state index is 12.3. The minimum absolute atomic E-state index is 0.243. The Balaban J connectivity index is 1.73. The molecule has 1 aromatic carbocycles. The molecule has 0 bridgehead atoms. The smallest absolute Gasteiger partial charge is 0.256 e. The number of pyridine rings is 2. The molecule has 114 valence electrons. The van der Waals surface area contributed by atoms with Crippen LogP contribution in [0.1, 0.15) is 15.9 Å². The number of ether oxygens (including phenoxy) is 1. The minimum Gasteiger partial charge on any atom is -0.439 e. The van der Waals surface area contributed by atoms with Crippen molar-refractivity contribution in [2.45, 2.75) is 6.92 Å². The third kappa shape index (κ3) is 3.91.